The molecule has 3 aromatic carbocycles. The molecule has 0 aliphatic heterocycles. The number of rotatable bonds is 16. The number of hydrogen-bond donors (Lipinski definition) is 7. The average molecular weight is 671 g/mol. The van der Waals surface area contributed by atoms with E-state index in [4.69, 9.17) is 33.0 Å². The number of halogens is 1. The number of fused-ring (bicyclic) bond motifs is 1. The van der Waals surface area contributed by atoms with Gasteiger partial charge in [-0.2, -0.15) is 26.7 Å². The van der Waals surface area contributed by atoms with Crippen molar-refractivity contribution >= 4 is 92.9 Å². The van der Waals surface area contributed by atoms with Crippen LogP contribution in [0.1, 0.15) is 0 Å². The number of phenolic OH excluding ortho intramolecular Hbond substituents is 1. The maximum absolute atomic E-state index is 10.7. The summed E-state index contributed by atoms with van der Waals surface area (Å²) in [7, 11) is 0. The van der Waals surface area contributed by atoms with Gasteiger partial charge in [-0.25, -0.2) is 10.5 Å². The van der Waals surface area contributed by atoms with Crippen molar-refractivity contribution in [1.29, 1.82) is 0 Å². The maximum atomic E-state index is 10.7. The summed E-state index contributed by atoms with van der Waals surface area (Å²) in [4.78, 5) is 13.2. The smallest absolute Gasteiger partial charge is 0.233 e. The van der Waals surface area contributed by atoms with Crippen LogP contribution in [0.3, 0.4) is 0 Å². The molecule has 0 bridgehead atoms. The Balaban J connectivity index is 1.58. The van der Waals surface area contributed by atoms with Gasteiger partial charge < -0.3 is 26.6 Å². The van der Waals surface area contributed by atoms with Gasteiger partial charge in [-0.1, -0.05) is 16.1 Å². The number of nitrogen functional groups attached to an aromatic ring is 1. The molecule has 1 heterocycles. The second kappa shape index (κ2) is 16.6. The topological polar surface area (TPSA) is 231 Å². The van der Waals surface area contributed by atoms with E-state index in [0.29, 0.717) is 68.3 Å². The average Bonchev–Trinajstić information content (AvgIpc) is 2.99. The number of aromatic nitrogens is 3. The van der Waals surface area contributed by atoms with Gasteiger partial charge in [0.05, 0.1) is 46.7 Å². The van der Waals surface area contributed by atoms with Gasteiger partial charge in [-0.3, -0.25) is 0 Å². The minimum absolute atomic E-state index is 0.0315. The molecule has 4 rings (SSSR count). The van der Waals surface area contributed by atoms with E-state index in [1.807, 2.05) is 0 Å². The first-order valence-electron chi connectivity index (χ1n) is 11.9. The Bertz CT molecular complexity index is 1580. The zero-order chi connectivity index (χ0) is 30.6. The van der Waals surface area contributed by atoms with Crippen molar-refractivity contribution in [1.82, 2.24) is 15.0 Å². The molecule has 0 radical (unpaired) electrons. The minimum Gasteiger partial charge on any atom is -0.507 e. The van der Waals surface area contributed by atoms with Gasteiger partial charge in [-0.15, -0.1) is 18.9 Å². The van der Waals surface area contributed by atoms with Crippen LogP contribution in [0.5, 0.6) is 5.75 Å². The first kappa shape index (κ1) is 32.7. The number of anilines is 4. The Labute approximate surface area is 261 Å². The minimum atomic E-state index is -0.164. The lowest BCUT2D eigenvalue weighted by molar-refractivity contribution is -0.432. The number of nitrogens with zero attached hydrogens (tertiary/aromatic N) is 5. The molecule has 0 aliphatic rings. The van der Waals surface area contributed by atoms with E-state index < -0.39 is 0 Å². The van der Waals surface area contributed by atoms with Crippen LogP contribution in [0.4, 0.5) is 34.6 Å². The Morgan fingerprint density at radius 1 is 0.930 bits per heavy atom. The number of hydrogen-bond acceptors (Lipinski definition) is 19. The molecule has 0 fully saturated rings. The Morgan fingerprint density at radius 2 is 1.72 bits per heavy atom. The number of aliphatic hydroxyl groups is 1. The SMILES string of the molecule is Nc1ccc2cc(SOOO)cc(O)c2c1N=Nc1ccc(Nc2nc(Cl)nc(NCCSCCO)n2)cc1SOOO. The van der Waals surface area contributed by atoms with Crippen LogP contribution < -0.4 is 16.4 Å². The van der Waals surface area contributed by atoms with Crippen LogP contribution in [0.15, 0.2) is 62.5 Å². The lowest BCUT2D eigenvalue weighted by Crippen LogP contribution is -2.10. The molecule has 16 nitrogen and oxygen atoms in total. The van der Waals surface area contributed by atoms with Crippen molar-refractivity contribution in [3.8, 4) is 5.75 Å². The first-order valence-corrected chi connectivity index (χ1v) is 14.9. The third-order valence-corrected chi connectivity index (χ3v) is 7.56. The van der Waals surface area contributed by atoms with Crippen molar-refractivity contribution < 1.29 is 39.5 Å². The summed E-state index contributed by atoms with van der Waals surface area (Å²) < 4.78 is 9.07. The van der Waals surface area contributed by atoms with Gasteiger partial charge in [0.25, 0.3) is 0 Å². The lowest BCUT2D eigenvalue weighted by Gasteiger charge is -2.11. The Kier molecular flexibility index (Phi) is 12.6. The van der Waals surface area contributed by atoms with Crippen LogP contribution in [-0.4, -0.2) is 60.3 Å². The van der Waals surface area contributed by atoms with Crippen molar-refractivity contribution in [3.05, 3.63) is 47.7 Å². The van der Waals surface area contributed by atoms with Gasteiger partial charge in [0, 0.05) is 28.6 Å². The number of phenols is 1. The van der Waals surface area contributed by atoms with E-state index in [2.05, 4.69) is 54.6 Å². The number of aromatic hydroxyl groups is 1. The fourth-order valence-electron chi connectivity index (χ4n) is 3.54. The molecule has 0 unspecified atom stereocenters. The van der Waals surface area contributed by atoms with Crippen LogP contribution in [0.25, 0.3) is 10.8 Å². The van der Waals surface area contributed by atoms with Crippen LogP contribution in [0, 0.1) is 0 Å². The predicted octanol–water partition coefficient (Wildman–Crippen LogP) is 6.12. The summed E-state index contributed by atoms with van der Waals surface area (Å²) in [6.07, 6.45) is 0. The molecular weight excluding hydrogens is 648 g/mol. The van der Waals surface area contributed by atoms with Crippen LogP contribution >= 0.6 is 47.4 Å². The third kappa shape index (κ3) is 9.39. The molecule has 4 aromatic rings. The van der Waals surface area contributed by atoms with E-state index >= 15 is 0 Å². The molecule has 0 amide bonds. The largest absolute Gasteiger partial charge is 0.507 e. The number of aliphatic hydroxyl groups excluding tert-OH is 1. The number of thioether (sulfide) groups is 1. The third-order valence-electron chi connectivity index (χ3n) is 5.24. The Hall–Kier alpha value is -3.21. The molecule has 0 spiro atoms. The zero-order valence-electron chi connectivity index (χ0n) is 21.7. The summed E-state index contributed by atoms with van der Waals surface area (Å²) in [6.45, 7) is 0.655. The van der Waals surface area contributed by atoms with Crippen molar-refractivity contribution in [3.63, 3.8) is 0 Å². The highest BCUT2D eigenvalue weighted by Gasteiger charge is 2.14. The molecule has 0 saturated heterocycles. The lowest BCUT2D eigenvalue weighted by atomic mass is 10.1. The van der Waals surface area contributed by atoms with E-state index in [1.165, 1.54) is 6.07 Å². The summed E-state index contributed by atoms with van der Waals surface area (Å²) in [5.41, 5.74) is 7.38. The molecule has 0 saturated carbocycles. The molecule has 20 heteroatoms. The normalized spacial score (nSPS) is 11.4. The van der Waals surface area contributed by atoms with Gasteiger partial charge in [0.15, 0.2) is 0 Å². The molecule has 43 heavy (non-hydrogen) atoms. The molecule has 0 aliphatic carbocycles. The number of benzene rings is 3. The fraction of sp³-hybridized carbons (Fsp3) is 0.174. The van der Waals surface area contributed by atoms with E-state index in [0.717, 1.165) is 5.75 Å². The standard InChI is InChI=1S/C23H23ClN8O8S3/c24-21-28-22(26-5-7-41-8-6-33)30-23(29-21)27-13-2-4-16(18(10-13)43-40-38-36)31-32-20-15(25)3-1-12-9-14(42-39-37-35)11-17(34)19(12)20/h1-4,9-11,33-36H,5-8,25H2,(H2,26,27,28,29,30). The zero-order valence-corrected chi connectivity index (χ0v) is 24.9. The highest BCUT2D eigenvalue weighted by atomic mass is 35.5. The van der Waals surface area contributed by atoms with Gasteiger partial charge in [0.1, 0.15) is 17.1 Å². The van der Waals surface area contributed by atoms with Crippen LogP contribution in [-0.2, 0) is 18.7 Å². The molecule has 228 valence electrons. The highest BCUT2D eigenvalue weighted by Crippen LogP contribution is 2.42. The molecule has 0 atom stereocenters. The van der Waals surface area contributed by atoms with Crippen LogP contribution in [0.2, 0.25) is 5.28 Å². The molecular formula is C23H23ClN8O8S3. The molecule has 1 aromatic heterocycles. The van der Waals surface area contributed by atoms with E-state index in [1.54, 1.807) is 48.2 Å². The monoisotopic (exact) mass is 670 g/mol. The van der Waals surface area contributed by atoms with Gasteiger partial charge >= 0.3 is 0 Å². The first-order chi connectivity index (χ1) is 20.9. The van der Waals surface area contributed by atoms with Crippen molar-refractivity contribution in [2.24, 2.45) is 10.2 Å². The quantitative estimate of drug-likeness (QED) is 0.0178. The van der Waals surface area contributed by atoms with Crippen molar-refractivity contribution in [2.45, 2.75) is 9.79 Å². The van der Waals surface area contributed by atoms with Crippen molar-refractivity contribution in [2.75, 3.05) is 41.0 Å². The van der Waals surface area contributed by atoms with Gasteiger partial charge in [0.2, 0.25) is 17.2 Å². The number of nitrogens with two attached hydrogens (primary N) is 1. The summed E-state index contributed by atoms with van der Waals surface area (Å²) in [5, 5.41) is 59.5. The van der Waals surface area contributed by atoms with E-state index in [-0.39, 0.29) is 40.9 Å². The number of azo groups is 1. The molecule has 8 N–H and O–H groups in total. The summed E-state index contributed by atoms with van der Waals surface area (Å²) in [5.74, 6) is 1.61. The maximum Gasteiger partial charge on any atom is 0.233 e. The van der Waals surface area contributed by atoms with E-state index in [9.17, 15) is 5.11 Å². The summed E-state index contributed by atoms with van der Waals surface area (Å²) >= 11 is 8.97. The highest BCUT2D eigenvalue weighted by molar-refractivity contribution is 7.99. The van der Waals surface area contributed by atoms with Gasteiger partial charge in [-0.05, 0) is 53.4 Å². The summed E-state index contributed by atoms with van der Waals surface area (Å²) in [6, 6.07) is 11.2. The Morgan fingerprint density at radius 3 is 2.51 bits per heavy atom. The fourth-order valence-corrected chi connectivity index (χ4v) is 5.19. The second-order valence-corrected chi connectivity index (χ2v) is 11.1. The number of nitrogens with one attached hydrogen (secondary N) is 2. The predicted molar refractivity (Wildman–Crippen MR) is 163 cm³/mol. The second-order valence-electron chi connectivity index (χ2n) is 8.02.